The molecule has 1 unspecified atom stereocenters. The SMILES string of the molecule is CN(C)C(=O)c1ccc(C(N)CNC(=O)OC(C)(C)C)cc1. The van der Waals surface area contributed by atoms with Crippen molar-refractivity contribution in [1.82, 2.24) is 10.2 Å². The van der Waals surface area contributed by atoms with Gasteiger partial charge >= 0.3 is 6.09 Å². The Balaban J connectivity index is 2.58. The molecule has 0 saturated carbocycles. The summed E-state index contributed by atoms with van der Waals surface area (Å²) in [6.07, 6.45) is -0.498. The van der Waals surface area contributed by atoms with E-state index >= 15 is 0 Å². The molecule has 0 spiro atoms. The normalized spacial score (nSPS) is 12.5. The van der Waals surface area contributed by atoms with Crippen molar-refractivity contribution in [3.8, 4) is 0 Å². The summed E-state index contributed by atoms with van der Waals surface area (Å²) >= 11 is 0. The third-order valence-electron chi connectivity index (χ3n) is 2.86. The van der Waals surface area contributed by atoms with Crippen molar-refractivity contribution in [2.75, 3.05) is 20.6 Å². The molecule has 2 amide bonds. The highest BCUT2D eigenvalue weighted by Crippen LogP contribution is 2.13. The lowest BCUT2D eigenvalue weighted by molar-refractivity contribution is 0.0524. The fourth-order valence-electron chi connectivity index (χ4n) is 1.76. The number of rotatable bonds is 4. The number of nitrogens with two attached hydrogens (primary N) is 1. The lowest BCUT2D eigenvalue weighted by Crippen LogP contribution is -2.36. The van der Waals surface area contributed by atoms with E-state index in [-0.39, 0.29) is 18.5 Å². The summed E-state index contributed by atoms with van der Waals surface area (Å²) in [6.45, 7) is 5.66. The summed E-state index contributed by atoms with van der Waals surface area (Å²) in [6, 6.07) is 6.67. The highest BCUT2D eigenvalue weighted by Gasteiger charge is 2.17. The third-order valence-corrected chi connectivity index (χ3v) is 2.86. The number of nitrogens with zero attached hydrogens (tertiary/aromatic N) is 1. The first-order valence-corrected chi connectivity index (χ1v) is 7.14. The van der Waals surface area contributed by atoms with E-state index in [1.54, 1.807) is 59.1 Å². The van der Waals surface area contributed by atoms with Gasteiger partial charge < -0.3 is 20.7 Å². The molecular weight excluding hydrogens is 282 g/mol. The number of carbonyl (C=O) groups excluding carboxylic acids is 2. The Morgan fingerprint density at radius 3 is 2.23 bits per heavy atom. The standard InChI is InChI=1S/C16H25N3O3/c1-16(2,3)22-15(21)18-10-13(17)11-6-8-12(9-7-11)14(20)19(4)5/h6-9,13H,10,17H2,1-5H3,(H,18,21). The molecule has 6 heteroatoms. The van der Waals surface area contributed by atoms with Gasteiger partial charge in [-0.05, 0) is 38.5 Å². The Kier molecular flexibility index (Phi) is 5.93. The molecule has 0 aliphatic heterocycles. The molecule has 3 N–H and O–H groups in total. The van der Waals surface area contributed by atoms with E-state index in [9.17, 15) is 9.59 Å². The van der Waals surface area contributed by atoms with Crippen molar-refractivity contribution in [1.29, 1.82) is 0 Å². The van der Waals surface area contributed by atoms with Crippen LogP contribution in [0.3, 0.4) is 0 Å². The summed E-state index contributed by atoms with van der Waals surface area (Å²) in [5, 5.41) is 2.63. The first-order valence-electron chi connectivity index (χ1n) is 7.14. The number of hydrogen-bond donors (Lipinski definition) is 2. The predicted molar refractivity (Wildman–Crippen MR) is 85.6 cm³/mol. The minimum absolute atomic E-state index is 0.0630. The lowest BCUT2D eigenvalue weighted by atomic mass is 10.0. The van der Waals surface area contributed by atoms with Gasteiger partial charge in [0.2, 0.25) is 0 Å². The van der Waals surface area contributed by atoms with E-state index in [1.165, 1.54) is 4.90 Å². The molecule has 22 heavy (non-hydrogen) atoms. The topological polar surface area (TPSA) is 84.7 Å². The summed E-state index contributed by atoms with van der Waals surface area (Å²) in [5.41, 5.74) is 6.93. The maximum Gasteiger partial charge on any atom is 0.407 e. The maximum absolute atomic E-state index is 11.8. The van der Waals surface area contributed by atoms with E-state index in [4.69, 9.17) is 10.5 Å². The fourth-order valence-corrected chi connectivity index (χ4v) is 1.76. The minimum Gasteiger partial charge on any atom is -0.444 e. The van der Waals surface area contributed by atoms with Gasteiger partial charge in [0.15, 0.2) is 0 Å². The van der Waals surface area contributed by atoms with Crippen molar-refractivity contribution in [3.05, 3.63) is 35.4 Å². The van der Waals surface area contributed by atoms with E-state index < -0.39 is 11.7 Å². The number of benzene rings is 1. The van der Waals surface area contributed by atoms with E-state index in [2.05, 4.69) is 5.32 Å². The van der Waals surface area contributed by atoms with Crippen LogP contribution in [0.4, 0.5) is 4.79 Å². The van der Waals surface area contributed by atoms with Crippen LogP contribution < -0.4 is 11.1 Å². The quantitative estimate of drug-likeness (QED) is 0.890. The van der Waals surface area contributed by atoms with Crippen LogP contribution in [0.1, 0.15) is 42.7 Å². The highest BCUT2D eigenvalue weighted by molar-refractivity contribution is 5.93. The Bertz CT molecular complexity index is 518. The van der Waals surface area contributed by atoms with Crippen molar-refractivity contribution in [2.45, 2.75) is 32.4 Å². The molecule has 0 fully saturated rings. The summed E-state index contributed by atoms with van der Waals surface area (Å²) in [7, 11) is 3.40. The molecule has 1 rings (SSSR count). The summed E-state index contributed by atoms with van der Waals surface area (Å²) in [5.74, 6) is -0.0630. The number of nitrogens with one attached hydrogen (secondary N) is 1. The van der Waals surface area contributed by atoms with Gasteiger partial charge in [0.1, 0.15) is 5.60 Å². The average molecular weight is 307 g/mol. The van der Waals surface area contributed by atoms with E-state index in [0.717, 1.165) is 5.56 Å². The van der Waals surface area contributed by atoms with Crippen molar-refractivity contribution < 1.29 is 14.3 Å². The molecular formula is C16H25N3O3. The Morgan fingerprint density at radius 2 is 1.77 bits per heavy atom. The average Bonchev–Trinajstić information content (AvgIpc) is 2.42. The van der Waals surface area contributed by atoms with Gasteiger partial charge in [-0.3, -0.25) is 4.79 Å². The van der Waals surface area contributed by atoms with E-state index in [0.29, 0.717) is 5.56 Å². The Hall–Kier alpha value is -2.08. The summed E-state index contributed by atoms with van der Waals surface area (Å²) < 4.78 is 5.15. The zero-order valence-electron chi connectivity index (χ0n) is 13.8. The summed E-state index contributed by atoms with van der Waals surface area (Å²) in [4.78, 5) is 24.9. The fraction of sp³-hybridized carbons (Fsp3) is 0.500. The zero-order valence-corrected chi connectivity index (χ0v) is 13.8. The minimum atomic E-state index is -0.539. The van der Waals surface area contributed by atoms with Gasteiger partial charge in [0.25, 0.3) is 5.91 Å². The smallest absolute Gasteiger partial charge is 0.407 e. The second kappa shape index (κ2) is 7.26. The van der Waals surface area contributed by atoms with Crippen LogP contribution in [-0.4, -0.2) is 43.1 Å². The Labute approximate surface area is 131 Å². The van der Waals surface area contributed by atoms with Crippen LogP contribution in [0.2, 0.25) is 0 Å². The van der Waals surface area contributed by atoms with Crippen molar-refractivity contribution in [3.63, 3.8) is 0 Å². The van der Waals surface area contributed by atoms with Gasteiger partial charge in [-0.2, -0.15) is 0 Å². The van der Waals surface area contributed by atoms with Crippen molar-refractivity contribution >= 4 is 12.0 Å². The van der Waals surface area contributed by atoms with Crippen LogP contribution in [0, 0.1) is 0 Å². The van der Waals surface area contributed by atoms with Crippen molar-refractivity contribution in [2.24, 2.45) is 5.73 Å². The molecule has 1 atom stereocenters. The van der Waals surface area contributed by atoms with Crippen LogP contribution in [0.25, 0.3) is 0 Å². The number of hydrogen-bond acceptors (Lipinski definition) is 4. The van der Waals surface area contributed by atoms with Gasteiger partial charge in [-0.15, -0.1) is 0 Å². The van der Waals surface area contributed by atoms with Gasteiger partial charge in [-0.1, -0.05) is 12.1 Å². The maximum atomic E-state index is 11.8. The number of carbonyl (C=O) groups is 2. The molecule has 6 nitrogen and oxygen atoms in total. The van der Waals surface area contributed by atoms with Crippen LogP contribution >= 0.6 is 0 Å². The number of alkyl carbamates (subject to hydrolysis) is 1. The number of ether oxygens (including phenoxy) is 1. The number of amides is 2. The lowest BCUT2D eigenvalue weighted by Gasteiger charge is -2.21. The first-order chi connectivity index (χ1) is 10.1. The molecule has 1 aromatic rings. The zero-order chi connectivity index (χ0) is 16.9. The predicted octanol–water partition coefficient (Wildman–Crippen LogP) is 1.91. The van der Waals surface area contributed by atoms with Crippen LogP contribution in [0.5, 0.6) is 0 Å². The highest BCUT2D eigenvalue weighted by atomic mass is 16.6. The monoisotopic (exact) mass is 307 g/mol. The second-order valence-electron chi connectivity index (χ2n) is 6.31. The Morgan fingerprint density at radius 1 is 1.23 bits per heavy atom. The molecule has 0 heterocycles. The first kappa shape index (κ1) is 18.0. The molecule has 122 valence electrons. The molecule has 0 saturated heterocycles. The van der Waals surface area contributed by atoms with Gasteiger partial charge in [-0.25, -0.2) is 4.79 Å². The molecule has 0 aromatic heterocycles. The third kappa shape index (κ3) is 5.73. The second-order valence-corrected chi connectivity index (χ2v) is 6.31. The molecule has 1 aromatic carbocycles. The van der Waals surface area contributed by atoms with Gasteiger partial charge in [0.05, 0.1) is 0 Å². The molecule has 0 aliphatic rings. The molecule has 0 radical (unpaired) electrons. The molecule has 0 aliphatic carbocycles. The van der Waals surface area contributed by atoms with E-state index in [1.807, 2.05) is 0 Å². The largest absolute Gasteiger partial charge is 0.444 e. The van der Waals surface area contributed by atoms with Crippen LogP contribution in [-0.2, 0) is 4.74 Å². The van der Waals surface area contributed by atoms with Crippen LogP contribution in [0.15, 0.2) is 24.3 Å². The molecule has 0 bridgehead atoms. The van der Waals surface area contributed by atoms with Gasteiger partial charge in [0, 0.05) is 32.2 Å².